The van der Waals surface area contributed by atoms with E-state index in [4.69, 9.17) is 0 Å². The molecule has 1 aliphatic rings. The minimum atomic E-state index is 0.0883. The Bertz CT molecular complexity index is 948. The quantitative estimate of drug-likeness (QED) is 0.699. The smallest absolute Gasteiger partial charge is 0.265 e. The minimum absolute atomic E-state index is 0.0883. The molecule has 0 aliphatic carbocycles. The fourth-order valence-corrected chi connectivity index (χ4v) is 4.19. The van der Waals surface area contributed by atoms with Gasteiger partial charge in [-0.1, -0.05) is 30.3 Å². The Morgan fingerprint density at radius 2 is 1.78 bits per heavy atom. The zero-order valence-corrected chi connectivity index (χ0v) is 16.2. The van der Waals surface area contributed by atoms with E-state index in [1.165, 1.54) is 11.3 Å². The largest absolute Gasteiger partial charge is 0.353 e. The number of aryl methyl sites for hydroxylation is 2. The molecule has 6 nitrogen and oxygen atoms in total. The number of hydrogen-bond acceptors (Lipinski definition) is 6. The summed E-state index contributed by atoms with van der Waals surface area (Å²) in [6.45, 7) is 6.71. The SMILES string of the molecule is Cc1nc(C)c(C(=O)N2CCN(c3cc(-c4ccccc4)ncn3)CC2)s1. The summed E-state index contributed by atoms with van der Waals surface area (Å²) in [5.41, 5.74) is 2.81. The maximum absolute atomic E-state index is 12.8. The van der Waals surface area contributed by atoms with Crippen LogP contribution in [-0.4, -0.2) is 51.9 Å². The molecule has 0 saturated carbocycles. The van der Waals surface area contributed by atoms with E-state index in [0.29, 0.717) is 13.1 Å². The van der Waals surface area contributed by atoms with Crippen molar-refractivity contribution in [2.75, 3.05) is 31.1 Å². The normalized spacial score (nSPS) is 14.4. The summed E-state index contributed by atoms with van der Waals surface area (Å²) in [7, 11) is 0. The zero-order chi connectivity index (χ0) is 18.8. The van der Waals surface area contributed by atoms with Crippen molar-refractivity contribution >= 4 is 23.1 Å². The van der Waals surface area contributed by atoms with Crippen molar-refractivity contribution < 1.29 is 4.79 Å². The molecule has 7 heteroatoms. The number of carbonyl (C=O) groups excluding carboxylic acids is 1. The van der Waals surface area contributed by atoms with E-state index in [1.807, 2.05) is 55.1 Å². The zero-order valence-electron chi connectivity index (χ0n) is 15.4. The molecule has 3 heterocycles. The number of thiazole rings is 1. The standard InChI is InChI=1S/C20H21N5OS/c1-14-19(27-15(2)23-14)20(26)25-10-8-24(9-11-25)18-12-17(21-13-22-18)16-6-4-3-5-7-16/h3-7,12-13H,8-11H2,1-2H3. The Balaban J connectivity index is 1.45. The second-order valence-electron chi connectivity index (χ2n) is 6.55. The van der Waals surface area contributed by atoms with Crippen molar-refractivity contribution in [3.05, 3.63) is 58.3 Å². The average Bonchev–Trinajstić information content (AvgIpc) is 3.06. The Hall–Kier alpha value is -2.80. The third-order valence-corrected chi connectivity index (χ3v) is 5.77. The van der Waals surface area contributed by atoms with Crippen LogP contribution in [0.3, 0.4) is 0 Å². The average molecular weight is 379 g/mol. The van der Waals surface area contributed by atoms with Gasteiger partial charge in [-0.15, -0.1) is 11.3 Å². The lowest BCUT2D eigenvalue weighted by Gasteiger charge is -2.35. The van der Waals surface area contributed by atoms with Crippen molar-refractivity contribution in [2.24, 2.45) is 0 Å². The lowest BCUT2D eigenvalue weighted by molar-refractivity contribution is 0.0750. The van der Waals surface area contributed by atoms with Gasteiger partial charge in [0.2, 0.25) is 0 Å². The van der Waals surface area contributed by atoms with Crippen LogP contribution in [0.1, 0.15) is 20.4 Å². The highest BCUT2D eigenvalue weighted by molar-refractivity contribution is 7.13. The number of nitrogens with zero attached hydrogens (tertiary/aromatic N) is 5. The first kappa shape index (κ1) is 17.6. The number of benzene rings is 1. The first-order chi connectivity index (χ1) is 13.1. The highest BCUT2D eigenvalue weighted by Gasteiger charge is 2.25. The van der Waals surface area contributed by atoms with Gasteiger partial charge >= 0.3 is 0 Å². The summed E-state index contributed by atoms with van der Waals surface area (Å²) in [5, 5.41) is 0.934. The van der Waals surface area contributed by atoms with Gasteiger partial charge in [-0.3, -0.25) is 4.79 Å². The first-order valence-corrected chi connectivity index (χ1v) is 9.79. The van der Waals surface area contributed by atoms with Gasteiger partial charge in [0.25, 0.3) is 5.91 Å². The van der Waals surface area contributed by atoms with Crippen LogP contribution >= 0.6 is 11.3 Å². The summed E-state index contributed by atoms with van der Waals surface area (Å²) >= 11 is 1.48. The van der Waals surface area contributed by atoms with Crippen LogP contribution in [0, 0.1) is 13.8 Å². The topological polar surface area (TPSA) is 62.2 Å². The van der Waals surface area contributed by atoms with Crippen molar-refractivity contribution in [3.63, 3.8) is 0 Å². The molecule has 0 radical (unpaired) electrons. The minimum Gasteiger partial charge on any atom is -0.353 e. The van der Waals surface area contributed by atoms with Gasteiger partial charge in [-0.25, -0.2) is 15.0 Å². The van der Waals surface area contributed by atoms with Crippen LogP contribution in [0.15, 0.2) is 42.7 Å². The lowest BCUT2D eigenvalue weighted by Crippen LogP contribution is -2.49. The molecule has 0 spiro atoms. The van der Waals surface area contributed by atoms with Crippen LogP contribution in [-0.2, 0) is 0 Å². The molecule has 0 unspecified atom stereocenters. The molecule has 0 bridgehead atoms. The highest BCUT2D eigenvalue weighted by atomic mass is 32.1. The third-order valence-electron chi connectivity index (χ3n) is 4.71. The third kappa shape index (κ3) is 3.68. The Labute approximate surface area is 162 Å². The number of hydrogen-bond donors (Lipinski definition) is 0. The summed E-state index contributed by atoms with van der Waals surface area (Å²) in [5.74, 6) is 0.992. The van der Waals surface area contributed by atoms with Gasteiger partial charge in [0.15, 0.2) is 0 Å². The first-order valence-electron chi connectivity index (χ1n) is 8.97. The molecule has 0 atom stereocenters. The fraction of sp³-hybridized carbons (Fsp3) is 0.300. The fourth-order valence-electron chi connectivity index (χ4n) is 3.30. The summed E-state index contributed by atoms with van der Waals surface area (Å²) in [4.78, 5) is 30.9. The number of aromatic nitrogens is 3. The summed E-state index contributed by atoms with van der Waals surface area (Å²) < 4.78 is 0. The molecule has 3 aromatic rings. The highest BCUT2D eigenvalue weighted by Crippen LogP contribution is 2.23. The van der Waals surface area contributed by atoms with Gasteiger partial charge in [0.05, 0.1) is 16.4 Å². The number of rotatable bonds is 3. The maximum Gasteiger partial charge on any atom is 0.265 e. The maximum atomic E-state index is 12.8. The van der Waals surface area contributed by atoms with Crippen molar-refractivity contribution in [3.8, 4) is 11.3 Å². The van der Waals surface area contributed by atoms with Gasteiger partial charge in [-0.05, 0) is 13.8 Å². The van der Waals surface area contributed by atoms with E-state index in [0.717, 1.165) is 45.7 Å². The van der Waals surface area contributed by atoms with Crippen LogP contribution in [0.4, 0.5) is 5.82 Å². The molecule has 138 valence electrons. The van der Waals surface area contributed by atoms with Gasteiger partial charge in [0.1, 0.15) is 17.0 Å². The molecule has 1 aromatic carbocycles. The van der Waals surface area contributed by atoms with Crippen LogP contribution in [0.25, 0.3) is 11.3 Å². The van der Waals surface area contributed by atoms with Crippen LogP contribution < -0.4 is 4.90 Å². The van der Waals surface area contributed by atoms with Gasteiger partial charge in [-0.2, -0.15) is 0 Å². The number of amides is 1. The van der Waals surface area contributed by atoms with E-state index in [9.17, 15) is 4.79 Å². The van der Waals surface area contributed by atoms with E-state index in [1.54, 1.807) is 6.33 Å². The number of anilines is 1. The Morgan fingerprint density at radius 3 is 2.44 bits per heavy atom. The number of piperazine rings is 1. The second-order valence-corrected chi connectivity index (χ2v) is 7.76. The molecule has 1 saturated heterocycles. The summed E-state index contributed by atoms with van der Waals surface area (Å²) in [6.07, 6.45) is 1.61. The van der Waals surface area contributed by atoms with Gasteiger partial charge < -0.3 is 9.80 Å². The molecule has 1 aliphatic heterocycles. The van der Waals surface area contributed by atoms with Crippen molar-refractivity contribution in [1.82, 2.24) is 19.9 Å². The van der Waals surface area contributed by atoms with Crippen LogP contribution in [0.2, 0.25) is 0 Å². The Morgan fingerprint density at radius 1 is 1.04 bits per heavy atom. The predicted molar refractivity (Wildman–Crippen MR) is 107 cm³/mol. The van der Waals surface area contributed by atoms with E-state index < -0.39 is 0 Å². The molecule has 2 aromatic heterocycles. The van der Waals surface area contributed by atoms with Gasteiger partial charge in [0, 0.05) is 37.8 Å². The Kier molecular flexibility index (Phi) is 4.85. The van der Waals surface area contributed by atoms with Crippen molar-refractivity contribution in [2.45, 2.75) is 13.8 Å². The molecule has 4 rings (SSSR count). The van der Waals surface area contributed by atoms with Crippen LogP contribution in [0.5, 0.6) is 0 Å². The van der Waals surface area contributed by atoms with E-state index in [2.05, 4.69) is 19.9 Å². The van der Waals surface area contributed by atoms with E-state index >= 15 is 0 Å². The predicted octanol–water partition coefficient (Wildman–Crippen LogP) is 3.18. The lowest BCUT2D eigenvalue weighted by atomic mass is 10.1. The second kappa shape index (κ2) is 7.44. The molecule has 1 amide bonds. The molecule has 0 N–H and O–H groups in total. The van der Waals surface area contributed by atoms with Crippen molar-refractivity contribution in [1.29, 1.82) is 0 Å². The molecule has 1 fully saturated rings. The molecular weight excluding hydrogens is 358 g/mol. The number of carbonyl (C=O) groups is 1. The molecule has 27 heavy (non-hydrogen) atoms. The monoisotopic (exact) mass is 379 g/mol. The summed E-state index contributed by atoms with van der Waals surface area (Å²) in [6, 6.07) is 12.1. The molecular formula is C20H21N5OS. The van der Waals surface area contributed by atoms with E-state index in [-0.39, 0.29) is 5.91 Å².